The summed E-state index contributed by atoms with van der Waals surface area (Å²) in [5.41, 5.74) is 0.914. The van der Waals surface area contributed by atoms with Crippen LogP contribution in [0.1, 0.15) is 18.7 Å². The highest BCUT2D eigenvalue weighted by Gasteiger charge is 2.38. The lowest BCUT2D eigenvalue weighted by Gasteiger charge is -2.44. The monoisotopic (exact) mass is 314 g/mol. The number of hydrogen-bond acceptors (Lipinski definition) is 5. The molecule has 2 aromatic rings. The molecule has 2 aliphatic heterocycles. The van der Waals surface area contributed by atoms with Crippen molar-refractivity contribution in [2.45, 2.75) is 25.0 Å². The van der Waals surface area contributed by atoms with Gasteiger partial charge >= 0.3 is 0 Å². The zero-order chi connectivity index (χ0) is 15.5. The number of rotatable bonds is 3. The van der Waals surface area contributed by atoms with Crippen LogP contribution in [0.5, 0.6) is 0 Å². The van der Waals surface area contributed by atoms with Gasteiger partial charge in [0, 0.05) is 19.7 Å². The third-order valence-electron chi connectivity index (χ3n) is 4.60. The lowest BCUT2D eigenvalue weighted by molar-refractivity contribution is -0.169. The Kier molecular flexibility index (Phi) is 4.11. The van der Waals surface area contributed by atoms with Crippen molar-refractivity contribution in [2.24, 2.45) is 0 Å². The highest BCUT2D eigenvalue weighted by atomic mass is 16.5. The third-order valence-corrected chi connectivity index (χ3v) is 4.60. The average molecular weight is 314 g/mol. The molecule has 1 atom stereocenters. The highest BCUT2D eigenvalue weighted by Crippen LogP contribution is 2.28. The van der Waals surface area contributed by atoms with E-state index < -0.39 is 0 Å². The Balaban J connectivity index is 1.49. The summed E-state index contributed by atoms with van der Waals surface area (Å²) in [7, 11) is 0. The van der Waals surface area contributed by atoms with Crippen LogP contribution in [0.3, 0.4) is 0 Å². The minimum atomic E-state index is -0.131. The van der Waals surface area contributed by atoms with Gasteiger partial charge in [0.25, 0.3) is 0 Å². The number of aromatic nitrogens is 3. The molecule has 0 N–H and O–H groups in total. The molecule has 2 fully saturated rings. The Morgan fingerprint density at radius 3 is 2.91 bits per heavy atom. The normalized spacial score (nSPS) is 25.7. The van der Waals surface area contributed by atoms with Gasteiger partial charge in [0.05, 0.1) is 25.4 Å². The predicted molar refractivity (Wildman–Crippen MR) is 85.4 cm³/mol. The van der Waals surface area contributed by atoms with Crippen molar-refractivity contribution in [2.75, 3.05) is 32.9 Å². The zero-order valence-electron chi connectivity index (χ0n) is 13.2. The molecular formula is C17H22N4O2. The van der Waals surface area contributed by atoms with E-state index in [1.165, 1.54) is 0 Å². The van der Waals surface area contributed by atoms with Crippen LogP contribution >= 0.6 is 0 Å². The molecule has 4 rings (SSSR count). The van der Waals surface area contributed by atoms with Gasteiger partial charge in [-0.3, -0.25) is 4.90 Å². The lowest BCUT2D eigenvalue weighted by Crippen LogP contribution is -2.55. The maximum Gasteiger partial charge on any atom is 0.146 e. The average Bonchev–Trinajstić information content (AvgIpc) is 3.04. The first-order chi connectivity index (χ1) is 11.3. The van der Waals surface area contributed by atoms with Gasteiger partial charge in [0.2, 0.25) is 0 Å². The van der Waals surface area contributed by atoms with E-state index in [0.29, 0.717) is 6.61 Å². The van der Waals surface area contributed by atoms with Crippen molar-refractivity contribution in [3.8, 4) is 5.69 Å². The second-order valence-electron chi connectivity index (χ2n) is 6.32. The summed E-state index contributed by atoms with van der Waals surface area (Å²) in [5.74, 6) is 0.963. The third kappa shape index (κ3) is 3.15. The molecule has 122 valence electrons. The number of benzene rings is 1. The number of hydrogen-bond donors (Lipinski definition) is 0. The zero-order valence-corrected chi connectivity index (χ0v) is 13.2. The molecule has 1 spiro atoms. The number of morpholine rings is 1. The second kappa shape index (κ2) is 6.39. The van der Waals surface area contributed by atoms with Gasteiger partial charge < -0.3 is 9.47 Å². The molecule has 1 unspecified atom stereocenters. The minimum Gasteiger partial charge on any atom is -0.378 e. The first kappa shape index (κ1) is 14.8. The quantitative estimate of drug-likeness (QED) is 0.862. The fraction of sp³-hybridized carbons (Fsp3) is 0.529. The molecule has 0 aliphatic carbocycles. The molecule has 6 heteroatoms. The lowest BCUT2D eigenvalue weighted by atomic mass is 9.94. The fourth-order valence-electron chi connectivity index (χ4n) is 3.48. The van der Waals surface area contributed by atoms with Crippen LogP contribution in [0, 0.1) is 0 Å². The maximum absolute atomic E-state index is 6.06. The summed E-state index contributed by atoms with van der Waals surface area (Å²) in [6, 6.07) is 10.1. The van der Waals surface area contributed by atoms with E-state index in [0.717, 1.165) is 57.2 Å². The molecule has 2 saturated heterocycles. The van der Waals surface area contributed by atoms with E-state index in [1.807, 2.05) is 35.0 Å². The highest BCUT2D eigenvalue weighted by molar-refractivity contribution is 5.30. The van der Waals surface area contributed by atoms with Gasteiger partial charge in [0.1, 0.15) is 17.8 Å². The van der Waals surface area contributed by atoms with Gasteiger partial charge in [-0.1, -0.05) is 18.2 Å². The summed E-state index contributed by atoms with van der Waals surface area (Å²) in [6.45, 7) is 4.91. The molecule has 1 aromatic heterocycles. The van der Waals surface area contributed by atoms with Crippen molar-refractivity contribution in [1.29, 1.82) is 0 Å². The van der Waals surface area contributed by atoms with Gasteiger partial charge in [0.15, 0.2) is 0 Å². The van der Waals surface area contributed by atoms with E-state index in [4.69, 9.17) is 9.47 Å². The van der Waals surface area contributed by atoms with Crippen molar-refractivity contribution in [3.05, 3.63) is 42.5 Å². The van der Waals surface area contributed by atoms with Crippen LogP contribution < -0.4 is 0 Å². The number of ether oxygens (including phenoxy) is 2. The number of para-hydroxylation sites is 1. The predicted octanol–water partition coefficient (Wildman–Crippen LogP) is 1.65. The van der Waals surface area contributed by atoms with E-state index in [9.17, 15) is 0 Å². The summed E-state index contributed by atoms with van der Waals surface area (Å²) in [5, 5.41) is 4.38. The molecule has 0 saturated carbocycles. The van der Waals surface area contributed by atoms with Crippen molar-refractivity contribution >= 4 is 0 Å². The van der Waals surface area contributed by atoms with Crippen LogP contribution in [0.25, 0.3) is 5.69 Å². The summed E-state index contributed by atoms with van der Waals surface area (Å²) >= 11 is 0. The first-order valence-corrected chi connectivity index (χ1v) is 8.23. The van der Waals surface area contributed by atoms with Crippen LogP contribution in [0.4, 0.5) is 0 Å². The summed E-state index contributed by atoms with van der Waals surface area (Å²) in [6.07, 6.45) is 3.78. The van der Waals surface area contributed by atoms with Gasteiger partial charge in [-0.2, -0.15) is 5.10 Å². The Labute approximate surface area is 136 Å². The molecule has 6 nitrogen and oxygen atoms in total. The molecule has 1 aromatic carbocycles. The standard InChI is InChI=1S/C17H22N4O2/c1-2-5-15(6-3-1)21-16(18-14-19-21)11-20-8-10-23-17(12-20)7-4-9-22-13-17/h1-3,5-6,14H,4,7-13H2. The molecule has 0 radical (unpaired) electrons. The van der Waals surface area contributed by atoms with Crippen molar-refractivity contribution in [3.63, 3.8) is 0 Å². The first-order valence-electron chi connectivity index (χ1n) is 8.23. The van der Waals surface area contributed by atoms with Crippen LogP contribution in [-0.4, -0.2) is 58.2 Å². The molecule has 0 bridgehead atoms. The van der Waals surface area contributed by atoms with Crippen molar-refractivity contribution in [1.82, 2.24) is 19.7 Å². The summed E-state index contributed by atoms with van der Waals surface area (Å²) in [4.78, 5) is 6.86. The van der Waals surface area contributed by atoms with Gasteiger partial charge in [-0.25, -0.2) is 9.67 Å². The second-order valence-corrected chi connectivity index (χ2v) is 6.32. The Hall–Kier alpha value is -1.76. The Morgan fingerprint density at radius 2 is 2.09 bits per heavy atom. The smallest absolute Gasteiger partial charge is 0.146 e. The van der Waals surface area contributed by atoms with Crippen LogP contribution in [0.2, 0.25) is 0 Å². The van der Waals surface area contributed by atoms with E-state index in [-0.39, 0.29) is 5.60 Å². The van der Waals surface area contributed by atoms with Crippen molar-refractivity contribution < 1.29 is 9.47 Å². The molecule has 23 heavy (non-hydrogen) atoms. The van der Waals surface area contributed by atoms with Crippen LogP contribution in [-0.2, 0) is 16.0 Å². The molecule has 2 aliphatic rings. The summed E-state index contributed by atoms with van der Waals surface area (Å²) < 4.78 is 13.6. The molecule has 3 heterocycles. The Bertz CT molecular complexity index is 632. The number of nitrogens with zero attached hydrogens (tertiary/aromatic N) is 4. The Morgan fingerprint density at radius 1 is 1.17 bits per heavy atom. The van der Waals surface area contributed by atoms with Gasteiger partial charge in [-0.15, -0.1) is 0 Å². The minimum absolute atomic E-state index is 0.131. The topological polar surface area (TPSA) is 52.4 Å². The fourth-order valence-corrected chi connectivity index (χ4v) is 3.48. The molecular weight excluding hydrogens is 292 g/mol. The van der Waals surface area contributed by atoms with Gasteiger partial charge in [-0.05, 0) is 25.0 Å². The molecule has 0 amide bonds. The SMILES string of the molecule is c1ccc(-n2ncnc2CN2CCOC3(CCCOC3)C2)cc1. The van der Waals surface area contributed by atoms with E-state index in [1.54, 1.807) is 6.33 Å². The van der Waals surface area contributed by atoms with E-state index >= 15 is 0 Å². The maximum atomic E-state index is 6.06. The van der Waals surface area contributed by atoms with E-state index in [2.05, 4.69) is 15.0 Å². The largest absolute Gasteiger partial charge is 0.378 e. The van der Waals surface area contributed by atoms with Crippen LogP contribution in [0.15, 0.2) is 36.7 Å².